The molecule has 86 valence electrons. The Morgan fingerprint density at radius 2 is 2.06 bits per heavy atom. The van der Waals surface area contributed by atoms with E-state index in [1.54, 1.807) is 0 Å². The average molecular weight is 225 g/mol. The van der Waals surface area contributed by atoms with E-state index in [0.29, 0.717) is 0 Å². The van der Waals surface area contributed by atoms with Crippen molar-refractivity contribution in [1.82, 2.24) is 14.1 Å². The second kappa shape index (κ2) is 4.09. The van der Waals surface area contributed by atoms with Gasteiger partial charge in [0, 0.05) is 36.7 Å². The van der Waals surface area contributed by atoms with Gasteiger partial charge in [-0.05, 0) is 24.4 Å². The number of fused-ring (bicyclic) bond motifs is 1. The molecule has 1 aromatic carbocycles. The van der Waals surface area contributed by atoms with E-state index in [1.807, 2.05) is 18.7 Å². The van der Waals surface area contributed by atoms with Crippen LogP contribution in [0, 0.1) is 6.92 Å². The summed E-state index contributed by atoms with van der Waals surface area (Å²) < 4.78 is 4.46. The summed E-state index contributed by atoms with van der Waals surface area (Å²) in [6.45, 7) is 4.10. The van der Waals surface area contributed by atoms with E-state index in [2.05, 4.69) is 51.4 Å². The zero-order valence-electron chi connectivity index (χ0n) is 9.87. The van der Waals surface area contributed by atoms with Crippen LogP contribution >= 0.6 is 0 Å². The minimum atomic E-state index is 0.958. The van der Waals surface area contributed by atoms with Gasteiger partial charge in [0.1, 0.15) is 0 Å². The number of nitrogens with zero attached hydrogens (tertiary/aromatic N) is 3. The predicted molar refractivity (Wildman–Crippen MR) is 68.9 cm³/mol. The van der Waals surface area contributed by atoms with Crippen molar-refractivity contribution < 1.29 is 0 Å². The van der Waals surface area contributed by atoms with Gasteiger partial charge in [-0.1, -0.05) is 18.2 Å². The number of aromatic nitrogens is 3. The third-order valence-electron chi connectivity index (χ3n) is 3.16. The normalized spacial score (nSPS) is 11.1. The Bertz CT molecular complexity index is 620. The third kappa shape index (κ3) is 1.84. The van der Waals surface area contributed by atoms with Crippen LogP contribution in [0.2, 0.25) is 0 Å². The zero-order valence-corrected chi connectivity index (χ0v) is 9.87. The third-order valence-corrected chi connectivity index (χ3v) is 3.16. The van der Waals surface area contributed by atoms with E-state index in [0.717, 1.165) is 13.1 Å². The van der Waals surface area contributed by atoms with Gasteiger partial charge in [-0.15, -0.1) is 0 Å². The van der Waals surface area contributed by atoms with Gasteiger partial charge >= 0.3 is 0 Å². The maximum absolute atomic E-state index is 4.06. The van der Waals surface area contributed by atoms with Gasteiger partial charge in [-0.3, -0.25) is 0 Å². The molecule has 0 atom stereocenters. The number of hydrogen-bond acceptors (Lipinski definition) is 1. The van der Waals surface area contributed by atoms with E-state index in [1.165, 1.54) is 16.6 Å². The van der Waals surface area contributed by atoms with Crippen LogP contribution < -0.4 is 0 Å². The molecular weight excluding hydrogens is 210 g/mol. The van der Waals surface area contributed by atoms with Gasteiger partial charge in [0.05, 0.1) is 6.33 Å². The molecule has 17 heavy (non-hydrogen) atoms. The van der Waals surface area contributed by atoms with Crippen LogP contribution in [0.4, 0.5) is 0 Å². The van der Waals surface area contributed by atoms with Gasteiger partial charge in [-0.2, -0.15) is 0 Å². The average Bonchev–Trinajstić information content (AvgIpc) is 2.93. The lowest BCUT2D eigenvalue weighted by Crippen LogP contribution is -2.06. The molecule has 0 radical (unpaired) electrons. The van der Waals surface area contributed by atoms with Crippen LogP contribution in [0.15, 0.2) is 49.1 Å². The molecular formula is C14H15N3. The highest BCUT2D eigenvalue weighted by Crippen LogP contribution is 2.19. The van der Waals surface area contributed by atoms with E-state index >= 15 is 0 Å². The quantitative estimate of drug-likeness (QED) is 0.672. The van der Waals surface area contributed by atoms with Crippen LogP contribution in [-0.4, -0.2) is 14.1 Å². The van der Waals surface area contributed by atoms with Crippen molar-refractivity contribution in [3.63, 3.8) is 0 Å². The van der Waals surface area contributed by atoms with Crippen LogP contribution in [0.5, 0.6) is 0 Å². The molecule has 0 saturated heterocycles. The van der Waals surface area contributed by atoms with Gasteiger partial charge in [0.15, 0.2) is 0 Å². The van der Waals surface area contributed by atoms with Crippen molar-refractivity contribution in [3.05, 3.63) is 54.7 Å². The Balaban J connectivity index is 1.92. The Morgan fingerprint density at radius 3 is 2.88 bits per heavy atom. The fourth-order valence-electron chi connectivity index (χ4n) is 2.28. The summed E-state index contributed by atoms with van der Waals surface area (Å²) in [7, 11) is 0. The highest BCUT2D eigenvalue weighted by Gasteiger charge is 2.04. The summed E-state index contributed by atoms with van der Waals surface area (Å²) in [6.07, 6.45) is 5.68. The Labute approximate surface area is 100 Å². The molecule has 3 heteroatoms. The minimum Gasteiger partial charge on any atom is -0.343 e. The molecule has 0 amide bonds. The van der Waals surface area contributed by atoms with E-state index in [4.69, 9.17) is 0 Å². The molecule has 0 spiro atoms. The first-order chi connectivity index (χ1) is 8.34. The highest BCUT2D eigenvalue weighted by molar-refractivity contribution is 5.81. The summed E-state index contributed by atoms with van der Waals surface area (Å²) in [5, 5.41) is 1.32. The second-order valence-electron chi connectivity index (χ2n) is 4.30. The molecule has 3 aromatic rings. The lowest BCUT2D eigenvalue weighted by Gasteiger charge is -2.08. The van der Waals surface area contributed by atoms with Gasteiger partial charge in [0.25, 0.3) is 0 Å². The number of aryl methyl sites for hydroxylation is 3. The molecule has 0 aliphatic rings. The molecule has 0 N–H and O–H groups in total. The predicted octanol–water partition coefficient (Wildman–Crippen LogP) is 2.85. The van der Waals surface area contributed by atoms with Crippen LogP contribution in [0.1, 0.15) is 5.69 Å². The zero-order chi connectivity index (χ0) is 11.7. The van der Waals surface area contributed by atoms with Crippen LogP contribution in [-0.2, 0) is 13.1 Å². The second-order valence-corrected chi connectivity index (χ2v) is 4.30. The summed E-state index contributed by atoms with van der Waals surface area (Å²) in [5.74, 6) is 0. The summed E-state index contributed by atoms with van der Waals surface area (Å²) in [6, 6.07) is 10.8. The maximum Gasteiger partial charge on any atom is 0.0946 e. The molecule has 0 aliphatic heterocycles. The molecule has 2 aromatic heterocycles. The standard InChI is InChI=1S/C14H15N3/c1-12-10-13-4-2-3-5-14(13)17(12)9-8-16-7-6-15-11-16/h2-7,10-11H,8-9H2,1H3. The number of imidazole rings is 1. The van der Waals surface area contributed by atoms with Gasteiger partial charge in [-0.25, -0.2) is 4.98 Å². The monoisotopic (exact) mass is 225 g/mol. The number of hydrogen-bond donors (Lipinski definition) is 0. The Hall–Kier alpha value is -2.03. The van der Waals surface area contributed by atoms with E-state index < -0.39 is 0 Å². The van der Waals surface area contributed by atoms with Crippen molar-refractivity contribution in [3.8, 4) is 0 Å². The van der Waals surface area contributed by atoms with Crippen molar-refractivity contribution in [1.29, 1.82) is 0 Å². The van der Waals surface area contributed by atoms with Crippen LogP contribution in [0.3, 0.4) is 0 Å². The topological polar surface area (TPSA) is 22.8 Å². The largest absolute Gasteiger partial charge is 0.343 e. The molecule has 0 bridgehead atoms. The van der Waals surface area contributed by atoms with Crippen molar-refractivity contribution >= 4 is 10.9 Å². The smallest absolute Gasteiger partial charge is 0.0946 e. The molecule has 0 fully saturated rings. The lowest BCUT2D eigenvalue weighted by molar-refractivity contribution is 0.583. The molecule has 0 aliphatic carbocycles. The molecule has 0 unspecified atom stereocenters. The van der Waals surface area contributed by atoms with Gasteiger partial charge in [0.2, 0.25) is 0 Å². The Morgan fingerprint density at radius 1 is 1.18 bits per heavy atom. The van der Waals surface area contributed by atoms with E-state index in [-0.39, 0.29) is 0 Å². The summed E-state index contributed by atoms with van der Waals surface area (Å²) in [4.78, 5) is 4.06. The summed E-state index contributed by atoms with van der Waals surface area (Å²) >= 11 is 0. The fraction of sp³-hybridized carbons (Fsp3) is 0.214. The van der Waals surface area contributed by atoms with E-state index in [9.17, 15) is 0 Å². The van der Waals surface area contributed by atoms with Crippen molar-refractivity contribution in [2.75, 3.05) is 0 Å². The fourth-order valence-corrected chi connectivity index (χ4v) is 2.28. The van der Waals surface area contributed by atoms with Crippen molar-refractivity contribution in [2.45, 2.75) is 20.0 Å². The van der Waals surface area contributed by atoms with Gasteiger partial charge < -0.3 is 9.13 Å². The molecule has 2 heterocycles. The van der Waals surface area contributed by atoms with Crippen LogP contribution in [0.25, 0.3) is 10.9 Å². The maximum atomic E-state index is 4.06. The number of rotatable bonds is 3. The molecule has 0 saturated carbocycles. The number of benzene rings is 1. The highest BCUT2D eigenvalue weighted by atomic mass is 15.1. The SMILES string of the molecule is Cc1cc2ccccc2n1CCn1ccnc1. The first-order valence-electron chi connectivity index (χ1n) is 5.85. The first-order valence-corrected chi connectivity index (χ1v) is 5.85. The van der Waals surface area contributed by atoms with Crippen molar-refractivity contribution in [2.24, 2.45) is 0 Å². The number of para-hydroxylation sites is 1. The molecule has 3 rings (SSSR count). The lowest BCUT2D eigenvalue weighted by atomic mass is 10.2. The first kappa shape index (κ1) is 10.1. The minimum absolute atomic E-state index is 0.958. The Kier molecular flexibility index (Phi) is 2.44. The molecule has 3 nitrogen and oxygen atoms in total. The summed E-state index contributed by atoms with van der Waals surface area (Å²) in [5.41, 5.74) is 2.62.